The highest BCUT2D eigenvalue weighted by atomic mass is 16.5. The lowest BCUT2D eigenvalue weighted by Gasteiger charge is -2.26. The molecule has 1 fully saturated rings. The molecule has 1 saturated carbocycles. The highest BCUT2D eigenvalue weighted by Gasteiger charge is 2.36. The van der Waals surface area contributed by atoms with Gasteiger partial charge in [0, 0.05) is 93.2 Å². The second-order valence-electron chi connectivity index (χ2n) is 37.6. The van der Waals surface area contributed by atoms with Crippen molar-refractivity contribution in [1.29, 1.82) is 0 Å². The van der Waals surface area contributed by atoms with E-state index in [1.807, 2.05) is 60.7 Å². The van der Waals surface area contributed by atoms with Crippen LogP contribution in [0.1, 0.15) is 254 Å². The van der Waals surface area contributed by atoms with Gasteiger partial charge in [-0.3, -0.25) is 14.4 Å². The Labute approximate surface area is 701 Å². The molecule has 13 heteroatoms. The van der Waals surface area contributed by atoms with Gasteiger partial charge in [0.25, 0.3) is 0 Å². The quantitative estimate of drug-likeness (QED) is 0.0814. The monoisotopic (exact) mass is 1570 g/mol. The summed E-state index contributed by atoms with van der Waals surface area (Å²) in [6.45, 7) is 52.7. The molecule has 0 unspecified atom stereocenters. The number of rotatable bonds is 17. The molecule has 0 atom stereocenters. The van der Waals surface area contributed by atoms with Gasteiger partial charge in [0.15, 0.2) is 17.3 Å². The predicted molar refractivity (Wildman–Crippen MR) is 486 cm³/mol. The van der Waals surface area contributed by atoms with Crippen molar-refractivity contribution in [2.24, 2.45) is 11.8 Å². The van der Waals surface area contributed by atoms with Crippen molar-refractivity contribution < 1.29 is 19.1 Å². The number of para-hydroxylation sites is 3. The fraction of sp³-hybridized carbons (Fsp3) is 0.371. The van der Waals surface area contributed by atoms with E-state index in [1.165, 1.54) is 115 Å². The largest absolute Gasteiger partial charge is 0.491 e. The van der Waals surface area contributed by atoms with E-state index in [0.29, 0.717) is 30.4 Å². The van der Waals surface area contributed by atoms with Crippen LogP contribution in [-0.4, -0.2) is 53.3 Å². The third-order valence-electron chi connectivity index (χ3n) is 24.7. The van der Waals surface area contributed by atoms with Crippen LogP contribution < -0.4 is 19.4 Å². The van der Waals surface area contributed by atoms with Crippen LogP contribution in [0, 0.1) is 74.1 Å². The zero-order valence-corrected chi connectivity index (χ0v) is 74.0. The van der Waals surface area contributed by atoms with Crippen LogP contribution in [0.25, 0.3) is 50.8 Å². The SMILES string of the molecule is CC(=O)c1ccc(-c2c3c(nn2-c2c(C)cccc2C)CN(c2cc(C(C)(C)C)ccc2C)C3)c(C)c1.CC(=O)c1ccc(-c2c3c(nn2-c2c(C)cccc2OCC(C)C)CN(c2cc(C(C)(C)C)ccc2C)C3)cc1.Cc1ccc(C(C)(C)C)cc1N1Cc2nn(-c3c(C)cccc3C)c(-c3ccc(C(=O)CC4CCCC4)cc3)c2C1. The topological polar surface area (TPSA) is 124 Å². The Kier molecular flexibility index (Phi) is 23.5. The van der Waals surface area contributed by atoms with Crippen molar-refractivity contribution in [3.8, 4) is 56.6 Å². The standard InChI is InChI=1S/C37H43N3O.C35H41N3O2.C33H37N3O/c1-24-14-19-30(37(4,5)6)21-33(24)39-22-31-32(23-39)38-40(35-25(2)10-9-11-26(35)3)36(31)29-17-15-28(16-18-29)34(41)20-27-12-7-8-13-27;1-22(2)21-40-32-11-9-10-24(4)33(32)38-34(27-15-13-26(14-16-27)25(5)39)29-19-37(20-30(29)36-38)31-18-28(35(6,7)8)17-12-23(31)3;1-20-12-14-26(33(6,7)8)17-30(20)35-18-28-29(19-35)34-36(31-21(2)10-9-11-22(31)3)32(28)27-15-13-25(24(5)37)16-23(27)4/h9-11,14-19,21,27H,7-8,12-13,20,22-23H2,1-6H3;9-18,22H,19-21H2,1-8H3;9-17H,18-19H2,1-8H3. The summed E-state index contributed by atoms with van der Waals surface area (Å²) in [7, 11) is 0. The van der Waals surface area contributed by atoms with Gasteiger partial charge < -0.3 is 19.4 Å². The third-order valence-corrected chi connectivity index (χ3v) is 24.7. The minimum Gasteiger partial charge on any atom is -0.491 e. The van der Waals surface area contributed by atoms with Crippen molar-refractivity contribution in [1.82, 2.24) is 29.3 Å². The molecule has 16 rings (SSSR count). The van der Waals surface area contributed by atoms with Crippen LogP contribution in [0.4, 0.5) is 17.1 Å². The fourth-order valence-corrected chi connectivity index (χ4v) is 17.7. The van der Waals surface area contributed by atoms with E-state index in [9.17, 15) is 14.4 Å². The number of fused-ring (bicyclic) bond motifs is 3. The number of anilines is 3. The number of ether oxygens (including phenoxy) is 1. The number of benzene rings is 9. The number of carbonyl (C=O) groups is 3. The second-order valence-corrected chi connectivity index (χ2v) is 37.6. The molecule has 0 amide bonds. The van der Waals surface area contributed by atoms with Crippen LogP contribution in [0.2, 0.25) is 0 Å². The molecule has 6 heterocycles. The number of hydrogen-bond acceptors (Lipinski definition) is 10. The molecular formula is C105H121N9O4. The van der Waals surface area contributed by atoms with E-state index < -0.39 is 0 Å². The summed E-state index contributed by atoms with van der Waals surface area (Å²) < 4.78 is 12.7. The molecule has 3 aliphatic heterocycles. The predicted octanol–water partition coefficient (Wildman–Crippen LogP) is 25.0. The first-order valence-electron chi connectivity index (χ1n) is 42.6. The number of Topliss-reactive ketones (excluding diaryl/α,β-unsaturated/α-hetero) is 3. The minimum atomic E-state index is 0.0638. The molecule has 3 aromatic heterocycles. The molecule has 610 valence electrons. The number of hydrogen-bond donors (Lipinski definition) is 0. The maximum atomic E-state index is 13.1. The Morgan fingerprint density at radius 2 is 0.746 bits per heavy atom. The number of nitrogens with zero attached hydrogens (tertiary/aromatic N) is 9. The Hall–Kier alpha value is -11.2. The highest BCUT2D eigenvalue weighted by Crippen LogP contribution is 2.46. The van der Waals surface area contributed by atoms with Crippen LogP contribution in [-0.2, 0) is 55.5 Å². The highest BCUT2D eigenvalue weighted by molar-refractivity contribution is 5.97. The molecule has 9 aromatic carbocycles. The Morgan fingerprint density at radius 3 is 1.13 bits per heavy atom. The van der Waals surface area contributed by atoms with Crippen LogP contribution in [0.5, 0.6) is 5.75 Å². The number of aryl methyl sites for hydroxylation is 9. The van der Waals surface area contributed by atoms with E-state index >= 15 is 0 Å². The van der Waals surface area contributed by atoms with Gasteiger partial charge >= 0.3 is 0 Å². The summed E-state index contributed by atoms with van der Waals surface area (Å²) in [5.74, 6) is 2.23. The molecule has 0 spiro atoms. The number of aromatic nitrogens is 6. The average Bonchev–Trinajstić information content (AvgIpc) is 1.60. The second kappa shape index (κ2) is 33.3. The average molecular weight is 1570 g/mol. The summed E-state index contributed by atoms with van der Waals surface area (Å²) in [5, 5.41) is 15.8. The van der Waals surface area contributed by atoms with E-state index in [0.717, 1.165) is 135 Å². The van der Waals surface area contributed by atoms with Crippen molar-refractivity contribution in [3.05, 3.63) is 293 Å². The first-order chi connectivity index (χ1) is 56.0. The van der Waals surface area contributed by atoms with Crippen molar-refractivity contribution in [3.63, 3.8) is 0 Å². The maximum Gasteiger partial charge on any atom is 0.163 e. The lowest BCUT2D eigenvalue weighted by molar-refractivity contribution is 0.0960. The van der Waals surface area contributed by atoms with Crippen LogP contribution >= 0.6 is 0 Å². The lowest BCUT2D eigenvalue weighted by atomic mass is 9.86. The van der Waals surface area contributed by atoms with E-state index in [2.05, 4.69) is 282 Å². The van der Waals surface area contributed by atoms with Gasteiger partial charge in [-0.25, -0.2) is 14.0 Å². The van der Waals surface area contributed by atoms with Crippen molar-refractivity contribution >= 4 is 34.4 Å². The van der Waals surface area contributed by atoms with Gasteiger partial charge in [-0.1, -0.05) is 247 Å². The molecule has 12 aromatic rings. The Morgan fingerprint density at radius 1 is 0.390 bits per heavy atom. The molecule has 1 aliphatic carbocycles. The van der Waals surface area contributed by atoms with Gasteiger partial charge in [-0.15, -0.1) is 0 Å². The van der Waals surface area contributed by atoms with Crippen LogP contribution in [0.15, 0.2) is 176 Å². The van der Waals surface area contributed by atoms with Gasteiger partial charge in [0.05, 0.1) is 71.8 Å². The zero-order chi connectivity index (χ0) is 84.3. The molecule has 0 saturated heterocycles. The first-order valence-corrected chi connectivity index (χ1v) is 42.6. The summed E-state index contributed by atoms with van der Waals surface area (Å²) in [4.78, 5) is 44.5. The molecule has 4 aliphatic rings. The normalized spacial score (nSPS) is 14.0. The van der Waals surface area contributed by atoms with E-state index in [1.54, 1.807) is 13.8 Å². The molecular weight excluding hydrogens is 1450 g/mol. The van der Waals surface area contributed by atoms with E-state index in [-0.39, 0.29) is 33.6 Å². The van der Waals surface area contributed by atoms with Gasteiger partial charge in [0.2, 0.25) is 0 Å². The summed E-state index contributed by atoms with van der Waals surface area (Å²) in [6, 6.07) is 61.9. The van der Waals surface area contributed by atoms with E-state index in [4.69, 9.17) is 20.0 Å². The zero-order valence-electron chi connectivity index (χ0n) is 74.0. The maximum absolute atomic E-state index is 13.1. The third kappa shape index (κ3) is 17.1. The Balaban J connectivity index is 0.000000146. The molecule has 0 radical (unpaired) electrons. The summed E-state index contributed by atoms with van der Waals surface area (Å²) in [5.41, 5.74) is 38.2. The van der Waals surface area contributed by atoms with Gasteiger partial charge in [-0.05, 0) is 201 Å². The molecule has 13 nitrogen and oxygen atoms in total. The van der Waals surface area contributed by atoms with Gasteiger partial charge in [-0.2, -0.15) is 15.3 Å². The molecule has 0 N–H and O–H groups in total. The summed E-state index contributed by atoms with van der Waals surface area (Å²) >= 11 is 0. The number of carbonyl (C=O) groups excluding carboxylic acids is 3. The van der Waals surface area contributed by atoms with Crippen LogP contribution in [0.3, 0.4) is 0 Å². The minimum absolute atomic E-state index is 0.0638. The first kappa shape index (κ1) is 83.3. The smallest absolute Gasteiger partial charge is 0.163 e. The van der Waals surface area contributed by atoms with Gasteiger partial charge in [0.1, 0.15) is 11.4 Å². The number of ketones is 3. The lowest BCUT2D eigenvalue weighted by Crippen LogP contribution is -2.20. The molecule has 0 bridgehead atoms. The fourth-order valence-electron chi connectivity index (χ4n) is 17.7. The van der Waals surface area contributed by atoms with Crippen molar-refractivity contribution in [2.75, 3.05) is 21.3 Å². The summed E-state index contributed by atoms with van der Waals surface area (Å²) in [6.07, 6.45) is 5.60. The Bertz CT molecular complexity index is 5770. The molecule has 118 heavy (non-hydrogen) atoms. The van der Waals surface area contributed by atoms with Crippen molar-refractivity contribution in [2.45, 2.75) is 240 Å².